The van der Waals surface area contributed by atoms with Crippen LogP contribution in [0.4, 0.5) is 0 Å². The summed E-state index contributed by atoms with van der Waals surface area (Å²) in [7, 11) is -3.35. The van der Waals surface area contributed by atoms with Gasteiger partial charge in [-0.05, 0) is 13.8 Å². The van der Waals surface area contributed by atoms with Gasteiger partial charge in [-0.1, -0.05) is 23.2 Å². The highest BCUT2D eigenvalue weighted by Crippen LogP contribution is 2.48. The molecule has 14 heavy (non-hydrogen) atoms. The molecular weight excluding hydrogens is 250 g/mol. The van der Waals surface area contributed by atoms with Gasteiger partial charge < -0.3 is 9.05 Å². The van der Waals surface area contributed by atoms with Gasteiger partial charge in [-0.3, -0.25) is 9.36 Å². The van der Waals surface area contributed by atoms with Gasteiger partial charge in [0.15, 0.2) is 10.6 Å². The normalized spacial score (nSPS) is 12.1. The molecule has 0 aromatic heterocycles. The van der Waals surface area contributed by atoms with E-state index in [1.807, 2.05) is 0 Å². The van der Waals surface area contributed by atoms with Crippen molar-refractivity contribution in [3.8, 4) is 0 Å². The largest absolute Gasteiger partial charge is 0.338 e. The molecule has 4 nitrogen and oxygen atoms in total. The minimum absolute atomic E-state index is 0.208. The molecule has 0 aliphatic rings. The van der Waals surface area contributed by atoms with E-state index in [0.29, 0.717) is 0 Å². The van der Waals surface area contributed by atoms with Gasteiger partial charge in [0, 0.05) is 0 Å². The summed E-state index contributed by atoms with van der Waals surface area (Å²) >= 11 is 10.6. The van der Waals surface area contributed by atoms with Crippen molar-refractivity contribution < 1.29 is 18.4 Å². The lowest BCUT2D eigenvalue weighted by molar-refractivity contribution is -0.115. The molecule has 84 valence electrons. The van der Waals surface area contributed by atoms with Crippen LogP contribution < -0.4 is 0 Å². The van der Waals surface area contributed by atoms with Gasteiger partial charge >= 0.3 is 7.60 Å². The minimum Gasteiger partial charge on any atom is -0.309 e. The molecule has 0 saturated carbocycles. The molecule has 0 saturated heterocycles. The number of carbonyl (C=O) groups is 1. The molecule has 0 atom stereocenters. The van der Waals surface area contributed by atoms with Gasteiger partial charge in [0.25, 0.3) is 0 Å². The van der Waals surface area contributed by atoms with Crippen LogP contribution in [0, 0.1) is 0 Å². The van der Waals surface area contributed by atoms with Crippen LogP contribution in [0.25, 0.3) is 0 Å². The first kappa shape index (κ1) is 14.4. The first-order valence-electron chi connectivity index (χ1n) is 4.14. The number of alkyl halides is 2. The van der Waals surface area contributed by atoms with Crippen molar-refractivity contribution in [3.63, 3.8) is 0 Å². The van der Waals surface area contributed by atoms with Crippen molar-refractivity contribution in [1.29, 1.82) is 0 Å². The second kappa shape index (κ2) is 6.81. The predicted octanol–water partition coefficient (Wildman–Crippen LogP) is 2.63. The monoisotopic (exact) mass is 262 g/mol. The van der Waals surface area contributed by atoms with Gasteiger partial charge in [-0.15, -0.1) is 0 Å². The summed E-state index contributed by atoms with van der Waals surface area (Å²) < 4.78 is 21.5. The summed E-state index contributed by atoms with van der Waals surface area (Å²) in [5, 5.41) is 0. The van der Waals surface area contributed by atoms with Crippen LogP contribution in [-0.4, -0.2) is 30.0 Å². The molecule has 0 radical (unpaired) electrons. The Morgan fingerprint density at radius 2 is 1.71 bits per heavy atom. The van der Waals surface area contributed by atoms with Gasteiger partial charge in [-0.25, -0.2) is 0 Å². The summed E-state index contributed by atoms with van der Waals surface area (Å²) in [5.41, 5.74) is 0. The van der Waals surface area contributed by atoms with Crippen LogP contribution in [-0.2, 0) is 18.4 Å². The minimum atomic E-state index is -3.35. The lowest BCUT2D eigenvalue weighted by atomic mass is 10.5. The third-order valence-corrected chi connectivity index (χ3v) is 3.73. The highest BCUT2D eigenvalue weighted by molar-refractivity contribution is 7.55. The Hall–Kier alpha value is 0.400. The maximum absolute atomic E-state index is 11.7. The molecule has 0 aromatic rings. The van der Waals surface area contributed by atoms with Crippen LogP contribution >= 0.6 is 30.8 Å². The van der Waals surface area contributed by atoms with E-state index in [9.17, 15) is 9.36 Å². The zero-order valence-corrected chi connectivity index (χ0v) is 10.4. The topological polar surface area (TPSA) is 52.6 Å². The van der Waals surface area contributed by atoms with E-state index in [4.69, 9.17) is 32.2 Å². The van der Waals surface area contributed by atoms with Crippen molar-refractivity contribution in [2.45, 2.75) is 18.7 Å². The molecule has 7 heteroatoms. The van der Waals surface area contributed by atoms with E-state index in [0.717, 1.165) is 0 Å². The Kier molecular flexibility index (Phi) is 7.00. The molecule has 0 rings (SSSR count). The number of Topliss-reactive ketones (excluding diaryl/α,β-unsaturated/α-hetero) is 1. The van der Waals surface area contributed by atoms with Crippen LogP contribution in [0.1, 0.15) is 13.8 Å². The van der Waals surface area contributed by atoms with Crippen LogP contribution in [0.2, 0.25) is 0 Å². The molecule has 0 spiro atoms. The Labute approximate surface area is 93.4 Å². The van der Waals surface area contributed by atoms with E-state index >= 15 is 0 Å². The second-order valence-corrected chi connectivity index (χ2v) is 5.52. The Bertz CT molecular complexity index is 222. The Morgan fingerprint density at radius 3 is 2.00 bits per heavy atom. The van der Waals surface area contributed by atoms with E-state index in [1.54, 1.807) is 13.8 Å². The number of carbonyl (C=O) groups excluding carboxylic acids is 1. The van der Waals surface area contributed by atoms with E-state index < -0.39 is 18.2 Å². The van der Waals surface area contributed by atoms with Gasteiger partial charge in [0.1, 0.15) is 6.16 Å². The predicted molar refractivity (Wildman–Crippen MR) is 56.2 cm³/mol. The summed E-state index contributed by atoms with van der Waals surface area (Å²) in [4.78, 5) is 9.92. The average Bonchev–Trinajstić information content (AvgIpc) is 2.04. The standard InChI is InChI=1S/C7H13Cl2O4P/c1-3-12-14(11,13-4-2)5-6(10)7(8)9/h7H,3-5H2,1-2H3. The number of ketones is 1. The summed E-state index contributed by atoms with van der Waals surface area (Å²) in [5.74, 6) is -0.557. The van der Waals surface area contributed by atoms with Gasteiger partial charge in [-0.2, -0.15) is 0 Å². The third kappa shape index (κ3) is 5.32. The zero-order chi connectivity index (χ0) is 11.2. The number of hydrogen-bond donors (Lipinski definition) is 0. The van der Waals surface area contributed by atoms with Crippen molar-refractivity contribution in [2.75, 3.05) is 19.4 Å². The van der Waals surface area contributed by atoms with E-state index in [1.165, 1.54) is 0 Å². The van der Waals surface area contributed by atoms with Crippen molar-refractivity contribution in [1.82, 2.24) is 0 Å². The lowest BCUT2D eigenvalue weighted by Gasteiger charge is -2.16. The highest BCUT2D eigenvalue weighted by atomic mass is 35.5. The van der Waals surface area contributed by atoms with Crippen molar-refractivity contribution in [2.24, 2.45) is 0 Å². The maximum atomic E-state index is 11.7. The average molecular weight is 263 g/mol. The molecule has 0 N–H and O–H groups in total. The molecule has 0 bridgehead atoms. The molecule has 0 unspecified atom stereocenters. The summed E-state index contributed by atoms with van der Waals surface area (Å²) in [6, 6.07) is 0. The molecule has 0 amide bonds. The number of rotatable bonds is 7. The maximum Gasteiger partial charge on any atom is 0.338 e. The quantitative estimate of drug-likeness (QED) is 0.523. The fourth-order valence-electron chi connectivity index (χ4n) is 0.782. The SMILES string of the molecule is CCOP(=O)(CC(=O)C(Cl)Cl)OCC. The zero-order valence-electron chi connectivity index (χ0n) is 8.03. The molecule has 0 aliphatic carbocycles. The molecule has 0 heterocycles. The fourth-order valence-corrected chi connectivity index (χ4v) is 2.76. The number of hydrogen-bond acceptors (Lipinski definition) is 4. The van der Waals surface area contributed by atoms with Gasteiger partial charge in [0.05, 0.1) is 13.2 Å². The molecular formula is C7H13Cl2O4P. The first-order valence-corrected chi connectivity index (χ1v) is 6.74. The molecule has 0 aromatic carbocycles. The van der Waals surface area contributed by atoms with Crippen LogP contribution in [0.15, 0.2) is 0 Å². The smallest absolute Gasteiger partial charge is 0.309 e. The third-order valence-electron chi connectivity index (χ3n) is 1.24. The fraction of sp³-hybridized carbons (Fsp3) is 0.857. The van der Waals surface area contributed by atoms with E-state index in [-0.39, 0.29) is 19.4 Å². The summed E-state index contributed by atoms with van der Waals surface area (Å²) in [6.07, 6.45) is -0.383. The second-order valence-electron chi connectivity index (χ2n) is 2.37. The van der Waals surface area contributed by atoms with E-state index in [2.05, 4.69) is 0 Å². The first-order chi connectivity index (χ1) is 6.45. The van der Waals surface area contributed by atoms with Crippen LogP contribution in [0.5, 0.6) is 0 Å². The molecule has 0 aliphatic heterocycles. The Balaban J connectivity index is 4.36. The number of halogens is 2. The lowest BCUT2D eigenvalue weighted by Crippen LogP contribution is -2.15. The van der Waals surface area contributed by atoms with Crippen molar-refractivity contribution in [3.05, 3.63) is 0 Å². The highest BCUT2D eigenvalue weighted by Gasteiger charge is 2.29. The Morgan fingerprint density at radius 1 is 1.29 bits per heavy atom. The van der Waals surface area contributed by atoms with Crippen LogP contribution in [0.3, 0.4) is 0 Å². The van der Waals surface area contributed by atoms with Gasteiger partial charge in [0.2, 0.25) is 0 Å². The van der Waals surface area contributed by atoms with Crippen molar-refractivity contribution >= 4 is 36.6 Å². The molecule has 0 fully saturated rings. The summed E-state index contributed by atoms with van der Waals surface area (Å²) in [6.45, 7) is 3.74.